The second kappa shape index (κ2) is 15.2. The molecule has 0 unspecified atom stereocenters. The maximum atomic E-state index is 12.1. The van der Waals surface area contributed by atoms with Crippen molar-refractivity contribution in [2.24, 2.45) is 4.99 Å². The van der Waals surface area contributed by atoms with E-state index in [-0.39, 0.29) is 29.9 Å². The quantitative estimate of drug-likeness (QED) is 0.274. The first-order valence-electron chi connectivity index (χ1n) is 9.60. The molecule has 2 N–H and O–H groups in total. The van der Waals surface area contributed by atoms with Crippen molar-refractivity contribution in [3.05, 3.63) is 23.8 Å². The van der Waals surface area contributed by atoms with E-state index in [0.717, 1.165) is 43.1 Å². The van der Waals surface area contributed by atoms with Gasteiger partial charge in [-0.25, -0.2) is 0 Å². The van der Waals surface area contributed by atoms with E-state index in [1.807, 2.05) is 43.9 Å². The van der Waals surface area contributed by atoms with Gasteiger partial charge in [-0.3, -0.25) is 9.79 Å². The normalized spacial score (nSPS) is 10.7. The topological polar surface area (TPSA) is 75.2 Å². The van der Waals surface area contributed by atoms with Crippen molar-refractivity contribution in [1.29, 1.82) is 0 Å². The van der Waals surface area contributed by atoms with Gasteiger partial charge in [-0.05, 0) is 51.0 Å². The smallest absolute Gasteiger partial charge is 0.224 e. The minimum Gasteiger partial charge on any atom is -0.497 e. The van der Waals surface area contributed by atoms with Gasteiger partial charge in [-0.1, -0.05) is 0 Å². The lowest BCUT2D eigenvalue weighted by molar-refractivity contribution is -0.130. The highest BCUT2D eigenvalue weighted by molar-refractivity contribution is 14.0. The Bertz CT molecular complexity index is 607. The van der Waals surface area contributed by atoms with Gasteiger partial charge in [0.2, 0.25) is 5.91 Å². The van der Waals surface area contributed by atoms with Gasteiger partial charge < -0.3 is 25.0 Å². The molecule has 0 saturated heterocycles. The predicted molar refractivity (Wildman–Crippen MR) is 125 cm³/mol. The third-order valence-electron chi connectivity index (χ3n) is 4.23. The van der Waals surface area contributed by atoms with Gasteiger partial charge in [-0.2, -0.15) is 0 Å². The average Bonchev–Trinajstić information content (AvgIpc) is 2.68. The monoisotopic (exact) mass is 506 g/mol. The molecule has 0 atom stereocenters. The van der Waals surface area contributed by atoms with Crippen LogP contribution in [0.3, 0.4) is 0 Å². The van der Waals surface area contributed by atoms with E-state index in [1.54, 1.807) is 14.2 Å². The highest BCUT2D eigenvalue weighted by atomic mass is 127. The minimum absolute atomic E-state index is 0. The van der Waals surface area contributed by atoms with E-state index < -0.39 is 0 Å². The van der Waals surface area contributed by atoms with Crippen LogP contribution < -0.4 is 20.1 Å². The van der Waals surface area contributed by atoms with Gasteiger partial charge in [0, 0.05) is 32.6 Å². The van der Waals surface area contributed by atoms with Crippen molar-refractivity contribution < 1.29 is 14.3 Å². The molecule has 0 heterocycles. The molecule has 160 valence electrons. The summed E-state index contributed by atoms with van der Waals surface area (Å²) in [6.45, 7) is 9.39. The first kappa shape index (κ1) is 26.3. The first-order chi connectivity index (χ1) is 13.1. The number of benzene rings is 1. The van der Waals surface area contributed by atoms with Gasteiger partial charge in [0.25, 0.3) is 0 Å². The first-order valence-corrected chi connectivity index (χ1v) is 9.60. The lowest BCUT2D eigenvalue weighted by Gasteiger charge is -2.18. The van der Waals surface area contributed by atoms with Crippen LogP contribution in [-0.2, 0) is 11.2 Å². The Balaban J connectivity index is 0.00000729. The van der Waals surface area contributed by atoms with Gasteiger partial charge in [0.05, 0.1) is 20.8 Å². The highest BCUT2D eigenvalue weighted by Crippen LogP contribution is 2.24. The molecule has 1 amide bonds. The number of hydrogen-bond acceptors (Lipinski definition) is 4. The maximum absolute atomic E-state index is 12.1. The predicted octanol–water partition coefficient (Wildman–Crippen LogP) is 2.68. The summed E-state index contributed by atoms with van der Waals surface area (Å²) < 4.78 is 10.7. The zero-order chi connectivity index (χ0) is 20.1. The third-order valence-corrected chi connectivity index (χ3v) is 4.23. The largest absolute Gasteiger partial charge is 0.497 e. The van der Waals surface area contributed by atoms with Crippen molar-refractivity contribution in [2.45, 2.75) is 33.6 Å². The van der Waals surface area contributed by atoms with E-state index in [9.17, 15) is 4.79 Å². The highest BCUT2D eigenvalue weighted by Gasteiger charge is 2.09. The van der Waals surface area contributed by atoms with Crippen molar-refractivity contribution in [2.75, 3.05) is 46.9 Å². The molecule has 1 aromatic rings. The molecule has 0 bridgehead atoms. The van der Waals surface area contributed by atoms with Gasteiger partial charge in [0.1, 0.15) is 11.5 Å². The number of nitrogens with one attached hydrogen (secondary N) is 2. The minimum atomic E-state index is 0. The number of halogens is 1. The fourth-order valence-electron chi connectivity index (χ4n) is 2.73. The third kappa shape index (κ3) is 8.99. The van der Waals surface area contributed by atoms with E-state index in [1.165, 1.54) is 0 Å². The molecule has 0 aromatic heterocycles. The molecular weight excluding hydrogens is 471 g/mol. The fourth-order valence-corrected chi connectivity index (χ4v) is 2.73. The molecule has 0 spiro atoms. The summed E-state index contributed by atoms with van der Waals surface area (Å²) in [7, 11) is 3.32. The van der Waals surface area contributed by atoms with Crippen molar-refractivity contribution >= 4 is 35.8 Å². The van der Waals surface area contributed by atoms with Crippen LogP contribution in [0.5, 0.6) is 11.5 Å². The second-order valence-corrected chi connectivity index (χ2v) is 5.93. The lowest BCUT2D eigenvalue weighted by Crippen LogP contribution is -2.38. The number of guanidine groups is 1. The summed E-state index contributed by atoms with van der Waals surface area (Å²) in [5.74, 6) is 2.50. The van der Waals surface area contributed by atoms with Gasteiger partial charge in [-0.15, -0.1) is 24.0 Å². The standard InChI is InChI=1S/C20H34N4O3.HI/c1-6-21-20(23-14-12-19(25)24(7-2)8-3)22-13-11-16-15-17(26-4)9-10-18(16)27-5;/h9-10,15H,6-8,11-14H2,1-5H3,(H2,21,22,23);1H. The molecule has 0 aliphatic heterocycles. The van der Waals surface area contributed by atoms with Crippen LogP contribution in [0.1, 0.15) is 32.8 Å². The molecule has 8 heteroatoms. The van der Waals surface area contributed by atoms with Gasteiger partial charge >= 0.3 is 0 Å². The summed E-state index contributed by atoms with van der Waals surface area (Å²) in [6.07, 6.45) is 1.19. The molecule has 0 fully saturated rings. The molecule has 1 aromatic carbocycles. The van der Waals surface area contributed by atoms with E-state index >= 15 is 0 Å². The Morgan fingerprint density at radius 2 is 1.82 bits per heavy atom. The number of nitrogens with zero attached hydrogens (tertiary/aromatic N) is 2. The zero-order valence-corrected chi connectivity index (χ0v) is 20.0. The number of hydrogen-bond donors (Lipinski definition) is 2. The zero-order valence-electron chi connectivity index (χ0n) is 17.7. The fraction of sp³-hybridized carbons (Fsp3) is 0.600. The van der Waals surface area contributed by atoms with E-state index in [2.05, 4.69) is 15.6 Å². The molecule has 7 nitrogen and oxygen atoms in total. The number of rotatable bonds is 11. The molecule has 0 aliphatic rings. The molecule has 0 aliphatic carbocycles. The van der Waals surface area contributed by atoms with Crippen molar-refractivity contribution in [3.63, 3.8) is 0 Å². The van der Waals surface area contributed by atoms with Crippen LogP contribution in [0.2, 0.25) is 0 Å². The molecule has 0 saturated carbocycles. The van der Waals surface area contributed by atoms with Crippen LogP contribution in [0.15, 0.2) is 23.2 Å². The van der Waals surface area contributed by atoms with Crippen LogP contribution in [-0.4, -0.2) is 63.7 Å². The van der Waals surface area contributed by atoms with Crippen molar-refractivity contribution in [1.82, 2.24) is 15.5 Å². The van der Waals surface area contributed by atoms with Crippen LogP contribution in [0.4, 0.5) is 0 Å². The molecular formula is C20H35IN4O3. The second-order valence-electron chi connectivity index (χ2n) is 5.93. The van der Waals surface area contributed by atoms with Gasteiger partial charge in [0.15, 0.2) is 5.96 Å². The summed E-state index contributed by atoms with van der Waals surface area (Å²) >= 11 is 0. The van der Waals surface area contributed by atoms with E-state index in [0.29, 0.717) is 25.5 Å². The Morgan fingerprint density at radius 3 is 2.39 bits per heavy atom. The number of carbonyl (C=O) groups excluding carboxylic acids is 1. The number of methoxy groups -OCH3 is 2. The molecule has 28 heavy (non-hydrogen) atoms. The SMILES string of the molecule is CCNC(=NCCC(=O)N(CC)CC)NCCc1cc(OC)ccc1OC.I. The summed E-state index contributed by atoms with van der Waals surface area (Å²) in [5, 5.41) is 6.52. The number of carbonyl (C=O) groups is 1. The number of ether oxygens (including phenoxy) is 2. The lowest BCUT2D eigenvalue weighted by atomic mass is 10.1. The molecule has 0 radical (unpaired) electrons. The number of aliphatic imine (C=N–C) groups is 1. The van der Waals surface area contributed by atoms with E-state index in [4.69, 9.17) is 9.47 Å². The summed E-state index contributed by atoms with van der Waals surface area (Å²) in [4.78, 5) is 18.4. The van der Waals surface area contributed by atoms with Crippen LogP contribution >= 0.6 is 24.0 Å². The summed E-state index contributed by atoms with van der Waals surface area (Å²) in [5.41, 5.74) is 1.07. The Hall–Kier alpha value is -1.71. The Morgan fingerprint density at radius 1 is 1.11 bits per heavy atom. The Labute approximate surface area is 186 Å². The summed E-state index contributed by atoms with van der Waals surface area (Å²) in [6, 6.07) is 5.77. The average molecular weight is 506 g/mol. The van der Waals surface area contributed by atoms with Crippen molar-refractivity contribution in [3.8, 4) is 11.5 Å². The number of amides is 1. The Kier molecular flexibility index (Phi) is 14.3. The molecule has 1 rings (SSSR count). The van der Waals surface area contributed by atoms with Crippen LogP contribution in [0.25, 0.3) is 0 Å². The maximum Gasteiger partial charge on any atom is 0.224 e. The van der Waals surface area contributed by atoms with Crippen LogP contribution in [0, 0.1) is 0 Å².